The highest BCUT2D eigenvalue weighted by atomic mass is 16.4. The lowest BCUT2D eigenvalue weighted by molar-refractivity contribution is -0.137. The van der Waals surface area contributed by atoms with E-state index < -0.39 is 5.97 Å². The summed E-state index contributed by atoms with van der Waals surface area (Å²) in [7, 11) is 0. The summed E-state index contributed by atoms with van der Waals surface area (Å²) in [6, 6.07) is 7.58. The summed E-state index contributed by atoms with van der Waals surface area (Å²) in [6.07, 6.45) is 4.48. The van der Waals surface area contributed by atoms with Crippen molar-refractivity contribution in [1.29, 1.82) is 0 Å². The fourth-order valence-corrected chi connectivity index (χ4v) is 4.12. The van der Waals surface area contributed by atoms with Gasteiger partial charge in [-0.05, 0) is 43.7 Å². The summed E-state index contributed by atoms with van der Waals surface area (Å²) in [5, 5.41) is 10.0. The standard InChI is InChI=1S/C19H20N2O3/c22-17(23)11-12-5-4-10-21(12)19(24)18-13-6-1-2-8-15(13)20-16-9-3-7-14(16)18/h1-2,6,8,12H,3-5,7,9-11H2,(H,22,23). The van der Waals surface area contributed by atoms with Crippen molar-refractivity contribution in [2.45, 2.75) is 44.6 Å². The largest absolute Gasteiger partial charge is 0.481 e. The van der Waals surface area contributed by atoms with Crippen LogP contribution >= 0.6 is 0 Å². The predicted molar refractivity (Wildman–Crippen MR) is 90.1 cm³/mol. The number of likely N-dealkylation sites (tertiary alicyclic amines) is 1. The SMILES string of the molecule is O=C(O)CC1CCCN1C(=O)c1c2c(nc3ccccc13)CCC2. The molecule has 5 nitrogen and oxygen atoms in total. The molecule has 0 radical (unpaired) electrons. The van der Waals surface area contributed by atoms with Crippen LogP contribution in [0.2, 0.25) is 0 Å². The summed E-state index contributed by atoms with van der Waals surface area (Å²) >= 11 is 0. The van der Waals surface area contributed by atoms with E-state index in [9.17, 15) is 9.59 Å². The van der Waals surface area contributed by atoms with Crippen LogP contribution in [0, 0.1) is 0 Å². The molecular weight excluding hydrogens is 304 g/mol. The fraction of sp³-hybridized carbons (Fsp3) is 0.421. The Balaban J connectivity index is 1.81. The quantitative estimate of drug-likeness (QED) is 0.942. The molecule has 5 heteroatoms. The number of amides is 1. The lowest BCUT2D eigenvalue weighted by Gasteiger charge is -2.25. The van der Waals surface area contributed by atoms with Crippen LogP contribution in [0.3, 0.4) is 0 Å². The number of aromatic nitrogens is 1. The summed E-state index contributed by atoms with van der Waals surface area (Å²) in [5.74, 6) is -0.861. The van der Waals surface area contributed by atoms with Crippen LogP contribution in [-0.4, -0.2) is 39.5 Å². The zero-order chi connectivity index (χ0) is 16.7. The van der Waals surface area contributed by atoms with Gasteiger partial charge >= 0.3 is 5.97 Å². The number of hydrogen-bond acceptors (Lipinski definition) is 3. The van der Waals surface area contributed by atoms with Gasteiger partial charge in [0.25, 0.3) is 5.91 Å². The van der Waals surface area contributed by atoms with E-state index in [-0.39, 0.29) is 18.4 Å². The Bertz CT molecular complexity index is 831. The Labute approximate surface area is 140 Å². The number of hydrogen-bond donors (Lipinski definition) is 1. The third-order valence-corrected chi connectivity index (χ3v) is 5.18. The number of rotatable bonds is 3. The number of aliphatic carboxylic acids is 1. The number of carbonyl (C=O) groups is 2. The lowest BCUT2D eigenvalue weighted by Crippen LogP contribution is -2.37. The van der Waals surface area contributed by atoms with Crippen molar-refractivity contribution < 1.29 is 14.7 Å². The molecule has 4 rings (SSSR count). The van der Waals surface area contributed by atoms with E-state index in [0.29, 0.717) is 6.54 Å². The maximum absolute atomic E-state index is 13.3. The second-order valence-electron chi connectivity index (χ2n) is 6.68. The molecule has 1 saturated heterocycles. The van der Waals surface area contributed by atoms with Gasteiger partial charge < -0.3 is 10.0 Å². The maximum atomic E-state index is 13.3. The van der Waals surface area contributed by atoms with E-state index in [1.807, 2.05) is 24.3 Å². The number of carbonyl (C=O) groups excluding carboxylic acids is 1. The number of benzene rings is 1. The Morgan fingerprint density at radius 2 is 2.04 bits per heavy atom. The molecule has 1 fully saturated rings. The van der Waals surface area contributed by atoms with Crippen molar-refractivity contribution in [3.8, 4) is 0 Å². The summed E-state index contributed by atoms with van der Waals surface area (Å²) in [5.41, 5.74) is 3.71. The minimum absolute atomic E-state index is 0.0181. The van der Waals surface area contributed by atoms with Gasteiger partial charge in [-0.3, -0.25) is 14.6 Å². The first-order valence-corrected chi connectivity index (χ1v) is 8.58. The highest BCUT2D eigenvalue weighted by molar-refractivity contribution is 6.08. The Hall–Kier alpha value is -2.43. The molecule has 1 amide bonds. The van der Waals surface area contributed by atoms with Gasteiger partial charge in [0.1, 0.15) is 0 Å². The molecule has 1 atom stereocenters. The number of pyridine rings is 1. The van der Waals surface area contributed by atoms with Crippen molar-refractivity contribution >= 4 is 22.8 Å². The second-order valence-corrected chi connectivity index (χ2v) is 6.68. The molecule has 1 aromatic heterocycles. The van der Waals surface area contributed by atoms with Gasteiger partial charge in [0.05, 0.1) is 17.5 Å². The zero-order valence-electron chi connectivity index (χ0n) is 13.5. The lowest BCUT2D eigenvalue weighted by atomic mass is 9.99. The molecular formula is C19H20N2O3. The average molecular weight is 324 g/mol. The van der Waals surface area contributed by atoms with E-state index in [1.54, 1.807) is 4.90 Å². The fourth-order valence-electron chi connectivity index (χ4n) is 4.12. The third kappa shape index (κ3) is 2.44. The number of para-hydroxylation sites is 1. The molecule has 124 valence electrons. The Morgan fingerprint density at radius 3 is 2.88 bits per heavy atom. The van der Waals surface area contributed by atoms with Gasteiger partial charge in [-0.1, -0.05) is 18.2 Å². The molecule has 1 aliphatic carbocycles. The highest BCUT2D eigenvalue weighted by Crippen LogP contribution is 2.33. The number of carboxylic acids is 1. The van der Waals surface area contributed by atoms with E-state index in [2.05, 4.69) is 0 Å². The monoisotopic (exact) mass is 324 g/mol. The van der Waals surface area contributed by atoms with Crippen molar-refractivity contribution in [2.75, 3.05) is 6.54 Å². The van der Waals surface area contributed by atoms with Crippen molar-refractivity contribution in [3.63, 3.8) is 0 Å². The van der Waals surface area contributed by atoms with Gasteiger partial charge in [0, 0.05) is 23.7 Å². The molecule has 2 heterocycles. The number of fused-ring (bicyclic) bond motifs is 2. The molecule has 1 N–H and O–H groups in total. The van der Waals surface area contributed by atoms with Gasteiger partial charge in [-0.25, -0.2) is 0 Å². The second kappa shape index (κ2) is 5.89. The van der Waals surface area contributed by atoms with Crippen LogP contribution in [0.4, 0.5) is 0 Å². The highest BCUT2D eigenvalue weighted by Gasteiger charge is 2.34. The van der Waals surface area contributed by atoms with Gasteiger partial charge in [0.15, 0.2) is 0 Å². The molecule has 0 saturated carbocycles. The topological polar surface area (TPSA) is 70.5 Å². The van der Waals surface area contributed by atoms with E-state index in [0.717, 1.165) is 59.8 Å². The summed E-state index contributed by atoms with van der Waals surface area (Å²) in [4.78, 5) is 30.9. The number of aryl methyl sites for hydroxylation is 1. The van der Waals surface area contributed by atoms with Crippen LogP contribution in [-0.2, 0) is 17.6 Å². The molecule has 1 unspecified atom stereocenters. The van der Waals surface area contributed by atoms with E-state index in [1.165, 1.54) is 0 Å². The first-order valence-electron chi connectivity index (χ1n) is 8.58. The van der Waals surface area contributed by atoms with Crippen molar-refractivity contribution in [3.05, 3.63) is 41.1 Å². The first-order chi connectivity index (χ1) is 11.6. The molecule has 24 heavy (non-hydrogen) atoms. The average Bonchev–Trinajstić information content (AvgIpc) is 3.20. The van der Waals surface area contributed by atoms with Crippen molar-refractivity contribution in [2.24, 2.45) is 0 Å². The van der Waals surface area contributed by atoms with Crippen LogP contribution in [0.25, 0.3) is 10.9 Å². The Kier molecular flexibility index (Phi) is 3.71. The molecule has 2 aliphatic rings. The summed E-state index contributed by atoms with van der Waals surface area (Å²) in [6.45, 7) is 0.641. The molecule has 1 aromatic carbocycles. The van der Waals surface area contributed by atoms with Gasteiger partial charge in [0.2, 0.25) is 0 Å². The van der Waals surface area contributed by atoms with Crippen LogP contribution in [0.5, 0.6) is 0 Å². The van der Waals surface area contributed by atoms with Crippen molar-refractivity contribution in [1.82, 2.24) is 9.88 Å². The van der Waals surface area contributed by atoms with E-state index in [4.69, 9.17) is 10.1 Å². The smallest absolute Gasteiger partial charge is 0.305 e. The van der Waals surface area contributed by atoms with Crippen LogP contribution < -0.4 is 0 Å². The van der Waals surface area contributed by atoms with E-state index >= 15 is 0 Å². The van der Waals surface area contributed by atoms with Gasteiger partial charge in [-0.2, -0.15) is 0 Å². The number of nitrogens with zero attached hydrogens (tertiary/aromatic N) is 2. The van der Waals surface area contributed by atoms with Gasteiger partial charge in [-0.15, -0.1) is 0 Å². The maximum Gasteiger partial charge on any atom is 0.305 e. The normalized spacial score (nSPS) is 19.7. The Morgan fingerprint density at radius 1 is 1.21 bits per heavy atom. The minimum atomic E-state index is -0.843. The molecule has 1 aliphatic heterocycles. The minimum Gasteiger partial charge on any atom is -0.481 e. The third-order valence-electron chi connectivity index (χ3n) is 5.18. The molecule has 2 aromatic rings. The number of carboxylic acid groups (broad SMARTS) is 1. The molecule has 0 bridgehead atoms. The van der Waals surface area contributed by atoms with Crippen LogP contribution in [0.15, 0.2) is 24.3 Å². The first kappa shape index (κ1) is 15.1. The molecule has 0 spiro atoms. The summed E-state index contributed by atoms with van der Waals surface area (Å²) < 4.78 is 0. The van der Waals surface area contributed by atoms with Crippen LogP contribution in [0.1, 0.15) is 47.3 Å². The zero-order valence-corrected chi connectivity index (χ0v) is 13.5. The predicted octanol–water partition coefficient (Wildman–Crippen LogP) is 2.80.